The monoisotopic (exact) mass is 259 g/mol. The van der Waals surface area contributed by atoms with Crippen LogP contribution in [0.4, 0.5) is 0 Å². The zero-order valence-electron chi connectivity index (χ0n) is 8.83. The van der Waals surface area contributed by atoms with Crippen molar-refractivity contribution in [3.63, 3.8) is 0 Å². The van der Waals surface area contributed by atoms with Crippen LogP contribution < -0.4 is 5.32 Å². The van der Waals surface area contributed by atoms with Crippen LogP contribution in [0.2, 0.25) is 0 Å². The number of nitrogens with one attached hydrogen (secondary N) is 1. The molecule has 80 valence electrons. The number of rotatable bonds is 6. The van der Waals surface area contributed by atoms with Gasteiger partial charge in [-0.15, -0.1) is 0 Å². The van der Waals surface area contributed by atoms with Gasteiger partial charge in [0.05, 0.1) is 5.69 Å². The molecule has 1 rings (SSSR count). The van der Waals surface area contributed by atoms with E-state index in [9.17, 15) is 0 Å². The summed E-state index contributed by atoms with van der Waals surface area (Å²) in [5.41, 5.74) is 1.11. The number of halogens is 1. The first kappa shape index (κ1) is 11.7. The average molecular weight is 260 g/mol. The van der Waals surface area contributed by atoms with Gasteiger partial charge < -0.3 is 5.32 Å². The van der Waals surface area contributed by atoms with Crippen LogP contribution in [0, 0.1) is 0 Å². The van der Waals surface area contributed by atoms with Gasteiger partial charge in [-0.3, -0.25) is 4.68 Å². The van der Waals surface area contributed by atoms with Gasteiger partial charge >= 0.3 is 0 Å². The molecule has 0 aliphatic heterocycles. The molecule has 0 aliphatic rings. The van der Waals surface area contributed by atoms with Crippen LogP contribution >= 0.6 is 15.9 Å². The van der Waals surface area contributed by atoms with Gasteiger partial charge in [-0.05, 0) is 18.9 Å². The van der Waals surface area contributed by atoms with E-state index in [1.165, 1.54) is 12.8 Å². The molecule has 3 nitrogen and oxygen atoms in total. The fraction of sp³-hybridized carbons (Fsp3) is 0.700. The fourth-order valence-electron chi connectivity index (χ4n) is 1.39. The van der Waals surface area contributed by atoms with Crippen LogP contribution in [0.5, 0.6) is 0 Å². The maximum absolute atomic E-state index is 4.32. The van der Waals surface area contributed by atoms with Crippen molar-refractivity contribution in [3.05, 3.63) is 18.0 Å². The summed E-state index contributed by atoms with van der Waals surface area (Å²) >= 11 is 3.46. The predicted octanol–water partition coefficient (Wildman–Crippen LogP) is 2.07. The first-order valence-corrected chi connectivity index (χ1v) is 6.16. The Bertz CT molecular complexity index is 260. The highest BCUT2D eigenvalue weighted by molar-refractivity contribution is 9.09. The highest BCUT2D eigenvalue weighted by atomic mass is 79.9. The fourth-order valence-corrected chi connectivity index (χ4v) is 1.94. The van der Waals surface area contributed by atoms with Crippen molar-refractivity contribution in [1.29, 1.82) is 0 Å². The second-order valence-electron chi connectivity index (χ2n) is 3.44. The van der Waals surface area contributed by atoms with Crippen LogP contribution in [-0.2, 0) is 13.6 Å². The van der Waals surface area contributed by atoms with E-state index in [4.69, 9.17) is 0 Å². The van der Waals surface area contributed by atoms with Gasteiger partial charge in [0.15, 0.2) is 0 Å². The molecule has 0 saturated carbocycles. The molecule has 0 amide bonds. The molecule has 4 heteroatoms. The summed E-state index contributed by atoms with van der Waals surface area (Å²) in [5.74, 6) is 0. The summed E-state index contributed by atoms with van der Waals surface area (Å²) in [5, 5.41) is 8.87. The predicted molar refractivity (Wildman–Crippen MR) is 62.5 cm³/mol. The van der Waals surface area contributed by atoms with Crippen molar-refractivity contribution in [1.82, 2.24) is 15.1 Å². The largest absolute Gasteiger partial charge is 0.308 e. The molecule has 0 aliphatic carbocycles. The average Bonchev–Trinajstić information content (AvgIpc) is 2.59. The maximum atomic E-state index is 4.32. The minimum Gasteiger partial charge on any atom is -0.308 e. The molecule has 0 saturated heterocycles. The van der Waals surface area contributed by atoms with E-state index in [1.807, 2.05) is 24.0 Å². The number of hydrogen-bond donors (Lipinski definition) is 1. The molecule has 1 atom stereocenters. The van der Waals surface area contributed by atoms with Crippen molar-refractivity contribution in [3.8, 4) is 0 Å². The molecule has 1 aromatic heterocycles. The molecule has 1 heterocycles. The van der Waals surface area contributed by atoms with Crippen LogP contribution in [0.1, 0.15) is 25.5 Å². The molecule has 0 fully saturated rings. The summed E-state index contributed by atoms with van der Waals surface area (Å²) in [6.45, 7) is 3.07. The van der Waals surface area contributed by atoms with E-state index in [0.29, 0.717) is 6.04 Å². The van der Waals surface area contributed by atoms with E-state index < -0.39 is 0 Å². The second kappa shape index (κ2) is 6.19. The van der Waals surface area contributed by atoms with E-state index in [2.05, 4.69) is 33.3 Å². The summed E-state index contributed by atoms with van der Waals surface area (Å²) in [6, 6.07) is 2.64. The second-order valence-corrected chi connectivity index (χ2v) is 4.24. The first-order chi connectivity index (χ1) is 6.76. The Labute approximate surface area is 94.0 Å². The Balaban J connectivity index is 2.31. The molecule has 0 bridgehead atoms. The van der Waals surface area contributed by atoms with Gasteiger partial charge in [0.1, 0.15) is 0 Å². The Kier molecular flexibility index (Phi) is 5.19. The van der Waals surface area contributed by atoms with Crippen LogP contribution in [-0.4, -0.2) is 21.2 Å². The van der Waals surface area contributed by atoms with Crippen LogP contribution in [0.25, 0.3) is 0 Å². The van der Waals surface area contributed by atoms with Gasteiger partial charge in [-0.1, -0.05) is 22.9 Å². The Morgan fingerprint density at radius 3 is 2.93 bits per heavy atom. The van der Waals surface area contributed by atoms with E-state index >= 15 is 0 Å². The minimum absolute atomic E-state index is 0.594. The van der Waals surface area contributed by atoms with E-state index in [1.54, 1.807) is 0 Å². The summed E-state index contributed by atoms with van der Waals surface area (Å²) in [6.07, 6.45) is 4.31. The van der Waals surface area contributed by atoms with E-state index in [-0.39, 0.29) is 0 Å². The highest BCUT2D eigenvalue weighted by Gasteiger charge is 2.05. The number of aromatic nitrogens is 2. The van der Waals surface area contributed by atoms with Crippen molar-refractivity contribution in [2.45, 2.75) is 32.4 Å². The lowest BCUT2D eigenvalue weighted by Crippen LogP contribution is -2.28. The lowest BCUT2D eigenvalue weighted by molar-refractivity contribution is 0.482. The van der Waals surface area contributed by atoms with E-state index in [0.717, 1.165) is 17.6 Å². The van der Waals surface area contributed by atoms with Crippen molar-refractivity contribution in [2.24, 2.45) is 7.05 Å². The minimum atomic E-state index is 0.594. The Morgan fingerprint density at radius 2 is 2.43 bits per heavy atom. The lowest BCUT2D eigenvalue weighted by atomic mass is 10.2. The molecular formula is C10H18BrN3. The summed E-state index contributed by atoms with van der Waals surface area (Å²) < 4.78 is 1.84. The highest BCUT2D eigenvalue weighted by Crippen LogP contribution is 2.02. The van der Waals surface area contributed by atoms with Gasteiger partial charge in [0, 0.05) is 31.2 Å². The third-order valence-corrected chi connectivity index (χ3v) is 2.75. The summed E-state index contributed by atoms with van der Waals surface area (Å²) in [7, 11) is 1.94. The zero-order chi connectivity index (χ0) is 10.4. The number of nitrogens with zero attached hydrogens (tertiary/aromatic N) is 2. The van der Waals surface area contributed by atoms with Crippen molar-refractivity contribution in [2.75, 3.05) is 5.33 Å². The van der Waals surface area contributed by atoms with Gasteiger partial charge in [0.25, 0.3) is 0 Å². The SMILES string of the molecule is CCC(CCBr)NCc1ccn(C)n1. The van der Waals surface area contributed by atoms with Gasteiger partial charge in [0.2, 0.25) is 0 Å². The van der Waals surface area contributed by atoms with Crippen LogP contribution in [0.3, 0.4) is 0 Å². The third kappa shape index (κ3) is 3.80. The Morgan fingerprint density at radius 1 is 1.64 bits per heavy atom. The first-order valence-electron chi connectivity index (χ1n) is 5.04. The topological polar surface area (TPSA) is 29.9 Å². The number of hydrogen-bond acceptors (Lipinski definition) is 2. The van der Waals surface area contributed by atoms with Gasteiger partial charge in [-0.25, -0.2) is 0 Å². The quantitative estimate of drug-likeness (QED) is 0.793. The number of alkyl halides is 1. The summed E-state index contributed by atoms with van der Waals surface area (Å²) in [4.78, 5) is 0. The lowest BCUT2D eigenvalue weighted by Gasteiger charge is -2.14. The molecule has 1 aromatic rings. The molecule has 1 unspecified atom stereocenters. The smallest absolute Gasteiger partial charge is 0.0762 e. The number of aryl methyl sites for hydroxylation is 1. The molecule has 0 aromatic carbocycles. The molecular weight excluding hydrogens is 242 g/mol. The molecule has 0 spiro atoms. The molecule has 0 radical (unpaired) electrons. The Hall–Kier alpha value is -0.350. The normalized spacial score (nSPS) is 13.1. The zero-order valence-corrected chi connectivity index (χ0v) is 10.4. The van der Waals surface area contributed by atoms with Crippen LogP contribution in [0.15, 0.2) is 12.3 Å². The van der Waals surface area contributed by atoms with Crippen molar-refractivity contribution >= 4 is 15.9 Å². The van der Waals surface area contributed by atoms with Gasteiger partial charge in [-0.2, -0.15) is 5.10 Å². The van der Waals surface area contributed by atoms with Crippen molar-refractivity contribution < 1.29 is 0 Å². The standard InChI is InChI=1S/C10H18BrN3/c1-3-9(4-6-11)12-8-10-5-7-14(2)13-10/h5,7,9,12H,3-4,6,8H2,1-2H3. The third-order valence-electron chi connectivity index (χ3n) is 2.29. The maximum Gasteiger partial charge on any atom is 0.0762 e. The molecule has 1 N–H and O–H groups in total. The molecule has 14 heavy (non-hydrogen) atoms.